The quantitative estimate of drug-likeness (QED) is 0.327. The van der Waals surface area contributed by atoms with Gasteiger partial charge in [-0.2, -0.15) is 4.39 Å². The molecule has 0 saturated carbocycles. The van der Waals surface area contributed by atoms with Gasteiger partial charge in [-0.1, -0.05) is 0 Å². The number of amides is 1. The van der Waals surface area contributed by atoms with Crippen molar-refractivity contribution in [3.8, 4) is 5.75 Å². The summed E-state index contributed by atoms with van der Waals surface area (Å²) in [5.41, 5.74) is -2.85. The molecule has 0 radical (unpaired) electrons. The highest BCUT2D eigenvalue weighted by Crippen LogP contribution is 2.28. The fourth-order valence-corrected chi connectivity index (χ4v) is 2.82. The number of phenolic OH excluding ortho intramolecular Hbond substituents is 1. The number of hydrogen-bond acceptors (Lipinski definition) is 9. The molecule has 3 rings (SSSR count). The van der Waals surface area contributed by atoms with Gasteiger partial charge in [0.05, 0.1) is 6.61 Å². The minimum Gasteiger partial charge on any atom is -0.503 e. The van der Waals surface area contributed by atoms with Crippen LogP contribution in [-0.4, -0.2) is 68.7 Å². The summed E-state index contributed by atoms with van der Waals surface area (Å²) in [5.74, 6) is -5.43. The molecule has 2 aromatic rings. The molecule has 0 spiro atoms. The number of nitrogens with one attached hydrogen (secondary N) is 1. The zero-order valence-electron chi connectivity index (χ0n) is 13.9. The second kappa shape index (κ2) is 7.41. The van der Waals surface area contributed by atoms with Crippen LogP contribution in [0, 0.1) is 11.6 Å². The maximum absolute atomic E-state index is 13.8. The van der Waals surface area contributed by atoms with Gasteiger partial charge in [0.1, 0.15) is 29.9 Å². The van der Waals surface area contributed by atoms with Crippen LogP contribution in [0.25, 0.3) is 11.0 Å². The monoisotopic (exact) mass is 403 g/mol. The van der Waals surface area contributed by atoms with E-state index in [9.17, 15) is 38.8 Å². The van der Waals surface area contributed by atoms with Gasteiger partial charge in [0.25, 0.3) is 5.91 Å². The van der Waals surface area contributed by atoms with Crippen molar-refractivity contribution in [1.29, 1.82) is 0 Å². The highest BCUT2D eigenvalue weighted by molar-refractivity contribution is 5.97. The van der Waals surface area contributed by atoms with Gasteiger partial charge in [-0.15, -0.1) is 0 Å². The Balaban J connectivity index is 1.92. The van der Waals surface area contributed by atoms with Gasteiger partial charge in [-0.05, 0) is 12.1 Å². The number of aromatic hydroxyl groups is 1. The number of ether oxygens (including phenoxy) is 1. The fourth-order valence-electron chi connectivity index (χ4n) is 2.82. The fraction of sp³-hybridized carbons (Fsp3) is 0.375. The second-order valence-corrected chi connectivity index (χ2v) is 6.11. The SMILES string of the molecule is O=C(N[C@H]1C(O)O[C@H](CO)[C@@H](O)[C@@H]1O)c1cc2cc(F)c(O)c(F)c2oc1=O. The Kier molecular flexibility index (Phi) is 5.32. The first-order chi connectivity index (χ1) is 13.1. The Labute approximate surface area is 154 Å². The average molecular weight is 403 g/mol. The highest BCUT2D eigenvalue weighted by Gasteiger charge is 2.44. The lowest BCUT2D eigenvalue weighted by Crippen LogP contribution is -2.64. The van der Waals surface area contributed by atoms with Crippen LogP contribution in [0.5, 0.6) is 5.75 Å². The molecule has 1 saturated heterocycles. The molecule has 28 heavy (non-hydrogen) atoms. The summed E-state index contributed by atoms with van der Waals surface area (Å²) in [5, 5.41) is 49.6. The van der Waals surface area contributed by atoms with Gasteiger partial charge in [0.15, 0.2) is 23.4 Å². The van der Waals surface area contributed by atoms with Gasteiger partial charge < -0.3 is 40.0 Å². The van der Waals surface area contributed by atoms with Crippen molar-refractivity contribution in [2.24, 2.45) is 0 Å². The number of halogens is 2. The highest BCUT2D eigenvalue weighted by atomic mass is 19.1. The lowest BCUT2D eigenvalue weighted by atomic mass is 9.97. The van der Waals surface area contributed by atoms with Crippen molar-refractivity contribution >= 4 is 16.9 Å². The van der Waals surface area contributed by atoms with E-state index in [0.29, 0.717) is 6.07 Å². The first-order valence-corrected chi connectivity index (χ1v) is 7.92. The molecule has 1 fully saturated rings. The summed E-state index contributed by atoms with van der Waals surface area (Å²) in [4.78, 5) is 24.3. The van der Waals surface area contributed by atoms with E-state index in [1.165, 1.54) is 0 Å². The molecule has 0 aliphatic carbocycles. The zero-order chi connectivity index (χ0) is 20.7. The van der Waals surface area contributed by atoms with Crippen LogP contribution in [0.15, 0.2) is 21.3 Å². The van der Waals surface area contributed by atoms with E-state index in [1.807, 2.05) is 0 Å². The minimum atomic E-state index is -1.83. The smallest absolute Gasteiger partial charge is 0.349 e. The molecule has 1 aromatic heterocycles. The predicted octanol–water partition coefficient (Wildman–Crippen LogP) is -1.69. The normalized spacial score (nSPS) is 27.7. The molecule has 1 aromatic carbocycles. The third kappa shape index (κ3) is 3.31. The molecule has 6 N–H and O–H groups in total. The van der Waals surface area contributed by atoms with Crippen LogP contribution in [0.2, 0.25) is 0 Å². The van der Waals surface area contributed by atoms with E-state index in [4.69, 9.17) is 9.84 Å². The maximum Gasteiger partial charge on any atom is 0.349 e. The van der Waals surface area contributed by atoms with Gasteiger partial charge in [0.2, 0.25) is 5.82 Å². The van der Waals surface area contributed by atoms with Crippen LogP contribution in [-0.2, 0) is 4.74 Å². The van der Waals surface area contributed by atoms with Crippen molar-refractivity contribution in [3.63, 3.8) is 0 Å². The first-order valence-electron chi connectivity index (χ1n) is 7.92. The molecule has 0 bridgehead atoms. The summed E-state index contributed by atoms with van der Waals surface area (Å²) < 4.78 is 36.8. The van der Waals surface area contributed by atoms with Crippen molar-refractivity contribution in [2.75, 3.05) is 6.61 Å². The standard InChI is InChI=1S/C16H15F2NO9/c17-6-2-4-1-5(15(25)28-13(4)8(18)10(6)21)14(24)19-9-12(23)11(22)7(3-20)27-16(9)26/h1-2,7,9,11-12,16,20-23,26H,3H2,(H,19,24)/t7-,9-,11-,12-,16?/m1/s1. The zero-order valence-corrected chi connectivity index (χ0v) is 13.9. The third-order valence-corrected chi connectivity index (χ3v) is 4.33. The van der Waals surface area contributed by atoms with Gasteiger partial charge in [0, 0.05) is 5.39 Å². The van der Waals surface area contributed by atoms with E-state index in [2.05, 4.69) is 9.73 Å². The Morgan fingerprint density at radius 1 is 1.18 bits per heavy atom. The van der Waals surface area contributed by atoms with Crippen molar-refractivity contribution < 1.29 is 48.3 Å². The summed E-state index contributed by atoms with van der Waals surface area (Å²) in [6.45, 7) is -0.714. The van der Waals surface area contributed by atoms with E-state index in [0.717, 1.165) is 6.07 Å². The molecule has 5 atom stereocenters. The van der Waals surface area contributed by atoms with Crippen LogP contribution in [0.4, 0.5) is 8.78 Å². The molecule has 2 heterocycles. The van der Waals surface area contributed by atoms with Crippen molar-refractivity contribution in [1.82, 2.24) is 5.32 Å². The van der Waals surface area contributed by atoms with E-state index >= 15 is 0 Å². The topological polar surface area (TPSA) is 170 Å². The minimum absolute atomic E-state index is 0.348. The Morgan fingerprint density at radius 3 is 2.50 bits per heavy atom. The van der Waals surface area contributed by atoms with Gasteiger partial charge >= 0.3 is 5.63 Å². The first kappa shape index (κ1) is 20.1. The number of phenols is 1. The molecule has 152 valence electrons. The summed E-state index contributed by atoms with van der Waals surface area (Å²) >= 11 is 0. The van der Waals surface area contributed by atoms with Crippen LogP contribution in [0.3, 0.4) is 0 Å². The molecular formula is C16H15F2NO9. The predicted molar refractivity (Wildman–Crippen MR) is 85.3 cm³/mol. The molecule has 1 aliphatic rings. The summed E-state index contributed by atoms with van der Waals surface area (Å²) in [6.07, 6.45) is -6.55. The van der Waals surface area contributed by atoms with Crippen LogP contribution >= 0.6 is 0 Å². The van der Waals surface area contributed by atoms with Crippen LogP contribution in [0.1, 0.15) is 10.4 Å². The number of carbonyl (C=O) groups excluding carboxylic acids is 1. The number of benzene rings is 1. The molecule has 12 heteroatoms. The number of hydrogen-bond donors (Lipinski definition) is 6. The molecule has 10 nitrogen and oxygen atoms in total. The summed E-state index contributed by atoms with van der Waals surface area (Å²) in [7, 11) is 0. The largest absolute Gasteiger partial charge is 0.503 e. The third-order valence-electron chi connectivity index (χ3n) is 4.33. The number of aliphatic hydroxyl groups is 4. The number of fused-ring (bicyclic) bond motifs is 1. The lowest BCUT2D eigenvalue weighted by Gasteiger charge is -2.40. The van der Waals surface area contributed by atoms with E-state index < -0.39 is 77.3 Å². The maximum atomic E-state index is 13.8. The molecule has 1 aliphatic heterocycles. The molecule has 1 amide bonds. The van der Waals surface area contributed by atoms with Crippen LogP contribution < -0.4 is 10.9 Å². The number of aliphatic hydroxyl groups excluding tert-OH is 4. The average Bonchev–Trinajstić information content (AvgIpc) is 2.66. The Bertz CT molecular complexity index is 979. The molecule has 1 unspecified atom stereocenters. The molecular weight excluding hydrogens is 388 g/mol. The number of rotatable bonds is 3. The number of carbonyl (C=O) groups is 1. The summed E-state index contributed by atoms with van der Waals surface area (Å²) in [6, 6.07) is -0.165. The second-order valence-electron chi connectivity index (χ2n) is 6.11. The lowest BCUT2D eigenvalue weighted by molar-refractivity contribution is -0.252. The van der Waals surface area contributed by atoms with E-state index in [-0.39, 0.29) is 5.39 Å². The van der Waals surface area contributed by atoms with Gasteiger partial charge in [-0.25, -0.2) is 9.18 Å². The van der Waals surface area contributed by atoms with Crippen molar-refractivity contribution in [3.05, 3.63) is 39.8 Å². The Hall–Kier alpha value is -2.64. The van der Waals surface area contributed by atoms with Gasteiger partial charge in [-0.3, -0.25) is 4.79 Å². The van der Waals surface area contributed by atoms with Crippen molar-refractivity contribution in [2.45, 2.75) is 30.6 Å². The Morgan fingerprint density at radius 2 is 1.86 bits per heavy atom. The van der Waals surface area contributed by atoms with E-state index in [1.54, 1.807) is 0 Å².